The smallest absolute Gasteiger partial charge is 0.0720 e. The minimum Gasteiger partial charge on any atom is -0.373 e. The van der Waals surface area contributed by atoms with Crippen LogP contribution < -0.4 is 0 Å². The SMILES string of the molecule is CCC1CCCCC1OCc1ccc(Br)cc1. The zero-order valence-electron chi connectivity index (χ0n) is 10.5. The van der Waals surface area contributed by atoms with Crippen LogP contribution in [0.4, 0.5) is 0 Å². The van der Waals surface area contributed by atoms with Crippen molar-refractivity contribution in [2.45, 2.75) is 51.7 Å². The molecule has 0 saturated heterocycles. The molecule has 1 nitrogen and oxygen atoms in total. The Labute approximate surface area is 113 Å². The summed E-state index contributed by atoms with van der Waals surface area (Å²) in [6, 6.07) is 8.43. The van der Waals surface area contributed by atoms with Gasteiger partial charge >= 0.3 is 0 Å². The van der Waals surface area contributed by atoms with Crippen molar-refractivity contribution in [1.82, 2.24) is 0 Å². The van der Waals surface area contributed by atoms with E-state index >= 15 is 0 Å². The molecule has 2 unspecified atom stereocenters. The van der Waals surface area contributed by atoms with E-state index in [1.807, 2.05) is 0 Å². The highest BCUT2D eigenvalue weighted by Crippen LogP contribution is 2.29. The molecule has 17 heavy (non-hydrogen) atoms. The Morgan fingerprint density at radius 2 is 1.88 bits per heavy atom. The van der Waals surface area contributed by atoms with Crippen LogP contribution in [0.1, 0.15) is 44.6 Å². The Morgan fingerprint density at radius 3 is 2.59 bits per heavy atom. The van der Waals surface area contributed by atoms with Crippen molar-refractivity contribution in [2.75, 3.05) is 0 Å². The van der Waals surface area contributed by atoms with E-state index in [-0.39, 0.29) is 0 Å². The van der Waals surface area contributed by atoms with Gasteiger partial charge in [0, 0.05) is 4.47 Å². The summed E-state index contributed by atoms with van der Waals surface area (Å²) >= 11 is 3.45. The van der Waals surface area contributed by atoms with Crippen molar-refractivity contribution in [3.8, 4) is 0 Å². The number of benzene rings is 1. The van der Waals surface area contributed by atoms with Crippen molar-refractivity contribution < 1.29 is 4.74 Å². The molecule has 0 aromatic heterocycles. The van der Waals surface area contributed by atoms with Crippen LogP contribution >= 0.6 is 15.9 Å². The monoisotopic (exact) mass is 296 g/mol. The van der Waals surface area contributed by atoms with Crippen LogP contribution in [0.2, 0.25) is 0 Å². The van der Waals surface area contributed by atoms with Crippen LogP contribution in [-0.4, -0.2) is 6.10 Å². The maximum atomic E-state index is 6.10. The van der Waals surface area contributed by atoms with E-state index < -0.39 is 0 Å². The standard InChI is InChI=1S/C15H21BrO/c1-2-13-5-3-4-6-15(13)17-11-12-7-9-14(16)10-8-12/h7-10,13,15H,2-6,11H2,1H3. The van der Waals surface area contributed by atoms with Gasteiger partial charge in [0.1, 0.15) is 0 Å². The number of halogens is 1. The summed E-state index contributed by atoms with van der Waals surface area (Å²) in [5, 5.41) is 0. The molecule has 0 bridgehead atoms. The molecule has 1 aromatic rings. The van der Waals surface area contributed by atoms with Crippen molar-refractivity contribution in [3.05, 3.63) is 34.3 Å². The lowest BCUT2D eigenvalue weighted by atomic mass is 9.85. The Hall–Kier alpha value is -0.340. The summed E-state index contributed by atoms with van der Waals surface area (Å²) in [7, 11) is 0. The second-order valence-electron chi connectivity index (χ2n) is 4.93. The van der Waals surface area contributed by atoms with E-state index in [4.69, 9.17) is 4.74 Å². The minimum atomic E-state index is 0.484. The summed E-state index contributed by atoms with van der Waals surface area (Å²) in [5.41, 5.74) is 1.27. The van der Waals surface area contributed by atoms with Crippen molar-refractivity contribution >= 4 is 15.9 Å². The highest BCUT2D eigenvalue weighted by Gasteiger charge is 2.23. The molecule has 1 aliphatic rings. The summed E-state index contributed by atoms with van der Waals surface area (Å²) in [5.74, 6) is 0.777. The highest BCUT2D eigenvalue weighted by molar-refractivity contribution is 9.10. The summed E-state index contributed by atoms with van der Waals surface area (Å²) in [6.45, 7) is 3.04. The molecule has 1 fully saturated rings. The van der Waals surface area contributed by atoms with Crippen molar-refractivity contribution in [1.29, 1.82) is 0 Å². The van der Waals surface area contributed by atoms with Gasteiger partial charge < -0.3 is 4.74 Å². The van der Waals surface area contributed by atoms with Gasteiger partial charge in [0.15, 0.2) is 0 Å². The summed E-state index contributed by atoms with van der Waals surface area (Å²) in [6.07, 6.45) is 7.05. The van der Waals surface area contributed by atoms with E-state index in [0.29, 0.717) is 6.10 Å². The lowest BCUT2D eigenvalue weighted by molar-refractivity contribution is -0.0221. The molecule has 1 saturated carbocycles. The Balaban J connectivity index is 1.86. The van der Waals surface area contributed by atoms with Crippen LogP contribution in [0.3, 0.4) is 0 Å². The third-order valence-electron chi connectivity index (χ3n) is 3.74. The first-order valence-electron chi connectivity index (χ1n) is 6.65. The van der Waals surface area contributed by atoms with E-state index in [1.54, 1.807) is 0 Å². The van der Waals surface area contributed by atoms with Gasteiger partial charge in [0.25, 0.3) is 0 Å². The van der Waals surface area contributed by atoms with Gasteiger partial charge in [-0.3, -0.25) is 0 Å². The molecule has 0 spiro atoms. The normalized spacial score (nSPS) is 24.8. The molecule has 2 atom stereocenters. The van der Waals surface area contributed by atoms with Gasteiger partial charge in [-0.15, -0.1) is 0 Å². The lowest BCUT2D eigenvalue weighted by Gasteiger charge is -2.30. The first-order valence-corrected chi connectivity index (χ1v) is 7.45. The van der Waals surface area contributed by atoms with Crippen LogP contribution in [0.5, 0.6) is 0 Å². The summed E-state index contributed by atoms with van der Waals surface area (Å²) in [4.78, 5) is 0. The van der Waals surface area contributed by atoms with Gasteiger partial charge in [-0.25, -0.2) is 0 Å². The molecule has 0 aliphatic heterocycles. The quantitative estimate of drug-likeness (QED) is 0.765. The number of ether oxygens (including phenoxy) is 1. The van der Waals surface area contributed by atoms with Crippen molar-refractivity contribution in [2.24, 2.45) is 5.92 Å². The molecular formula is C15H21BrO. The third-order valence-corrected chi connectivity index (χ3v) is 4.27. The molecule has 0 heterocycles. The fourth-order valence-electron chi connectivity index (χ4n) is 2.64. The minimum absolute atomic E-state index is 0.484. The van der Waals surface area contributed by atoms with Crippen LogP contribution in [0.25, 0.3) is 0 Å². The predicted molar refractivity (Wildman–Crippen MR) is 75.0 cm³/mol. The molecular weight excluding hydrogens is 276 g/mol. The topological polar surface area (TPSA) is 9.23 Å². The number of rotatable bonds is 4. The molecule has 2 rings (SSSR count). The van der Waals surface area contributed by atoms with E-state index in [1.165, 1.54) is 37.7 Å². The lowest BCUT2D eigenvalue weighted by Crippen LogP contribution is -2.27. The average Bonchev–Trinajstić information content (AvgIpc) is 2.38. The fraction of sp³-hybridized carbons (Fsp3) is 0.600. The third kappa shape index (κ3) is 3.82. The molecule has 2 heteroatoms. The van der Waals surface area contributed by atoms with Gasteiger partial charge in [0.2, 0.25) is 0 Å². The molecule has 94 valence electrons. The van der Waals surface area contributed by atoms with Crippen LogP contribution in [-0.2, 0) is 11.3 Å². The number of hydrogen-bond donors (Lipinski definition) is 0. The van der Waals surface area contributed by atoms with Gasteiger partial charge in [0.05, 0.1) is 12.7 Å². The largest absolute Gasteiger partial charge is 0.373 e. The first kappa shape index (κ1) is 13.1. The molecule has 0 N–H and O–H groups in total. The number of hydrogen-bond acceptors (Lipinski definition) is 1. The zero-order valence-corrected chi connectivity index (χ0v) is 12.1. The van der Waals surface area contributed by atoms with Gasteiger partial charge in [-0.2, -0.15) is 0 Å². The fourth-order valence-corrected chi connectivity index (χ4v) is 2.91. The van der Waals surface area contributed by atoms with E-state index in [0.717, 1.165) is 17.0 Å². The van der Waals surface area contributed by atoms with Gasteiger partial charge in [-0.1, -0.05) is 54.2 Å². The van der Waals surface area contributed by atoms with E-state index in [2.05, 4.69) is 47.1 Å². The van der Waals surface area contributed by atoms with Gasteiger partial charge in [-0.05, 0) is 36.5 Å². The zero-order chi connectivity index (χ0) is 12.1. The first-order chi connectivity index (χ1) is 8.29. The molecule has 0 amide bonds. The molecule has 1 aromatic carbocycles. The van der Waals surface area contributed by atoms with E-state index in [9.17, 15) is 0 Å². The van der Waals surface area contributed by atoms with Crippen molar-refractivity contribution in [3.63, 3.8) is 0 Å². The highest BCUT2D eigenvalue weighted by atomic mass is 79.9. The summed E-state index contributed by atoms with van der Waals surface area (Å²) < 4.78 is 7.23. The van der Waals surface area contributed by atoms with Crippen LogP contribution in [0.15, 0.2) is 28.7 Å². The maximum Gasteiger partial charge on any atom is 0.0720 e. The maximum absolute atomic E-state index is 6.10. The second-order valence-corrected chi connectivity index (χ2v) is 5.84. The molecule has 0 radical (unpaired) electrons. The van der Waals surface area contributed by atoms with Crippen LogP contribution in [0, 0.1) is 5.92 Å². The molecule has 1 aliphatic carbocycles. The second kappa shape index (κ2) is 6.55. The predicted octanol–water partition coefficient (Wildman–Crippen LogP) is 4.93. The average molecular weight is 297 g/mol. The Morgan fingerprint density at radius 1 is 1.18 bits per heavy atom. The Bertz CT molecular complexity index is 333. The Kier molecular flexibility index (Phi) is 5.05.